The van der Waals surface area contributed by atoms with Crippen molar-refractivity contribution in [3.05, 3.63) is 30.1 Å². The zero-order valence-electron chi connectivity index (χ0n) is 15.4. The van der Waals surface area contributed by atoms with E-state index in [2.05, 4.69) is 30.7 Å². The van der Waals surface area contributed by atoms with E-state index < -0.39 is 0 Å². The Balaban J connectivity index is 1.79. The average Bonchev–Trinajstić information content (AvgIpc) is 2.60. The Hall–Kier alpha value is -1.62. The lowest BCUT2D eigenvalue weighted by molar-refractivity contribution is -0.134. The summed E-state index contributed by atoms with van der Waals surface area (Å²) in [4.78, 5) is 24.3. The normalized spacial score (nSPS) is 20.8. The number of amides is 1. The van der Waals surface area contributed by atoms with E-state index in [1.807, 2.05) is 24.3 Å². The molecule has 1 aliphatic rings. The van der Waals surface area contributed by atoms with Gasteiger partial charge in [0.25, 0.3) is 0 Å². The number of hydrogen-bond donors (Lipinski definition) is 0. The number of likely N-dealkylation sites (tertiary alicyclic amines) is 1. The maximum absolute atomic E-state index is 12.8. The highest BCUT2D eigenvalue weighted by Crippen LogP contribution is 2.28. The summed E-state index contributed by atoms with van der Waals surface area (Å²) >= 11 is 1.55. The van der Waals surface area contributed by atoms with Gasteiger partial charge in [0.15, 0.2) is 0 Å². The first-order chi connectivity index (χ1) is 12.1. The van der Waals surface area contributed by atoms with Crippen molar-refractivity contribution >= 4 is 28.6 Å². The molecule has 1 aliphatic heterocycles. The van der Waals surface area contributed by atoms with E-state index in [1.165, 1.54) is 6.42 Å². The molecule has 4 nitrogen and oxygen atoms in total. The molecule has 0 saturated carbocycles. The predicted molar refractivity (Wildman–Crippen MR) is 104 cm³/mol. The van der Waals surface area contributed by atoms with Crippen molar-refractivity contribution in [1.29, 1.82) is 0 Å². The predicted octanol–water partition coefficient (Wildman–Crippen LogP) is 4.46. The van der Waals surface area contributed by atoms with Crippen LogP contribution in [0.1, 0.15) is 52.3 Å². The van der Waals surface area contributed by atoms with Crippen LogP contribution in [0.25, 0.3) is 10.9 Å². The van der Waals surface area contributed by atoms with Gasteiger partial charge >= 0.3 is 0 Å². The first-order valence-corrected chi connectivity index (χ1v) is 10.3. The van der Waals surface area contributed by atoms with E-state index in [-0.39, 0.29) is 5.91 Å². The minimum atomic E-state index is 0.226. The van der Waals surface area contributed by atoms with Crippen LogP contribution < -0.4 is 0 Å². The zero-order valence-corrected chi connectivity index (χ0v) is 16.2. The van der Waals surface area contributed by atoms with Crippen LogP contribution >= 0.6 is 11.8 Å². The van der Waals surface area contributed by atoms with Crippen molar-refractivity contribution in [2.75, 3.05) is 5.75 Å². The molecule has 0 aliphatic carbocycles. The van der Waals surface area contributed by atoms with Crippen LogP contribution in [-0.4, -0.2) is 38.6 Å². The van der Waals surface area contributed by atoms with Gasteiger partial charge in [-0.05, 0) is 45.6 Å². The summed E-state index contributed by atoms with van der Waals surface area (Å²) in [5.41, 5.74) is 0.968. The topological polar surface area (TPSA) is 46.1 Å². The van der Waals surface area contributed by atoms with Gasteiger partial charge in [0.05, 0.1) is 11.3 Å². The number of rotatable bonds is 5. The number of nitrogens with zero attached hydrogens (tertiary/aromatic N) is 3. The number of carbonyl (C=O) groups excluding carboxylic acids is 1. The number of para-hydroxylation sites is 1. The number of aromatic nitrogens is 2. The van der Waals surface area contributed by atoms with Crippen molar-refractivity contribution in [2.45, 2.75) is 70.0 Å². The Morgan fingerprint density at radius 1 is 1.20 bits per heavy atom. The van der Waals surface area contributed by atoms with E-state index in [4.69, 9.17) is 4.98 Å². The third-order valence-corrected chi connectivity index (χ3v) is 5.88. The molecule has 3 rings (SSSR count). The van der Waals surface area contributed by atoms with E-state index in [1.54, 1.807) is 11.8 Å². The van der Waals surface area contributed by atoms with Gasteiger partial charge in [-0.3, -0.25) is 4.79 Å². The van der Waals surface area contributed by atoms with Crippen molar-refractivity contribution in [1.82, 2.24) is 14.9 Å². The molecule has 0 spiro atoms. The molecular weight excluding hydrogens is 330 g/mol. The fourth-order valence-electron chi connectivity index (χ4n) is 3.66. The Bertz CT molecular complexity index is 739. The average molecular weight is 358 g/mol. The lowest BCUT2D eigenvalue weighted by Gasteiger charge is -2.39. The van der Waals surface area contributed by atoms with Gasteiger partial charge in [-0.15, -0.1) is 0 Å². The summed E-state index contributed by atoms with van der Waals surface area (Å²) in [5, 5.41) is 1.97. The molecule has 1 fully saturated rings. The van der Waals surface area contributed by atoms with E-state index in [0.717, 1.165) is 47.4 Å². The molecule has 2 unspecified atom stereocenters. The fraction of sp³-hybridized carbons (Fsp3) is 0.550. The number of carbonyl (C=O) groups is 1. The summed E-state index contributed by atoms with van der Waals surface area (Å²) in [6.07, 6.45) is 5.32. The third-order valence-electron chi connectivity index (χ3n) is 4.90. The standard InChI is InChI=1S/C20H27N3OS/c1-4-8-18-21-17-12-6-5-11-16(17)20(22-18)25-13-19(24)23-14(2)9-7-10-15(23)3/h5-6,11-12,14-15H,4,7-10,13H2,1-3H3. The van der Waals surface area contributed by atoms with Crippen LogP contribution in [0.15, 0.2) is 29.3 Å². The molecule has 25 heavy (non-hydrogen) atoms. The zero-order chi connectivity index (χ0) is 17.8. The number of fused-ring (bicyclic) bond motifs is 1. The maximum Gasteiger partial charge on any atom is 0.233 e. The number of hydrogen-bond acceptors (Lipinski definition) is 4. The molecular formula is C20H27N3OS. The molecule has 134 valence electrons. The molecule has 1 aromatic carbocycles. The molecule has 1 saturated heterocycles. The lowest BCUT2D eigenvalue weighted by atomic mass is 9.98. The highest BCUT2D eigenvalue weighted by molar-refractivity contribution is 8.00. The highest BCUT2D eigenvalue weighted by atomic mass is 32.2. The molecule has 2 aromatic rings. The molecule has 0 radical (unpaired) electrons. The Kier molecular flexibility index (Phi) is 5.94. The Labute approximate surface area is 154 Å². The lowest BCUT2D eigenvalue weighted by Crippen LogP contribution is -2.48. The van der Waals surface area contributed by atoms with Crippen LogP contribution in [0.2, 0.25) is 0 Å². The van der Waals surface area contributed by atoms with Crippen molar-refractivity contribution in [2.24, 2.45) is 0 Å². The largest absolute Gasteiger partial charge is 0.337 e. The van der Waals surface area contributed by atoms with Gasteiger partial charge < -0.3 is 4.90 Å². The van der Waals surface area contributed by atoms with Gasteiger partial charge in [0, 0.05) is 23.9 Å². The van der Waals surface area contributed by atoms with Crippen molar-refractivity contribution < 1.29 is 4.79 Å². The van der Waals surface area contributed by atoms with Gasteiger partial charge in [0.2, 0.25) is 5.91 Å². The van der Waals surface area contributed by atoms with Crippen LogP contribution in [0.3, 0.4) is 0 Å². The summed E-state index contributed by atoms with van der Waals surface area (Å²) in [7, 11) is 0. The SMILES string of the molecule is CCCc1nc(SCC(=O)N2C(C)CCCC2C)c2ccccc2n1. The fourth-order valence-corrected chi connectivity index (χ4v) is 4.56. The first-order valence-electron chi connectivity index (χ1n) is 9.29. The smallest absolute Gasteiger partial charge is 0.233 e. The highest BCUT2D eigenvalue weighted by Gasteiger charge is 2.28. The van der Waals surface area contributed by atoms with Crippen LogP contribution in [0, 0.1) is 0 Å². The van der Waals surface area contributed by atoms with E-state index in [0.29, 0.717) is 17.8 Å². The minimum absolute atomic E-state index is 0.226. The number of benzene rings is 1. The summed E-state index contributed by atoms with van der Waals surface area (Å²) < 4.78 is 0. The molecule has 0 bridgehead atoms. The van der Waals surface area contributed by atoms with E-state index >= 15 is 0 Å². The second-order valence-corrected chi connectivity index (χ2v) is 7.89. The van der Waals surface area contributed by atoms with E-state index in [9.17, 15) is 4.79 Å². The minimum Gasteiger partial charge on any atom is -0.337 e. The van der Waals surface area contributed by atoms with Gasteiger partial charge in [-0.2, -0.15) is 0 Å². The molecule has 0 N–H and O–H groups in total. The van der Waals surface area contributed by atoms with Gasteiger partial charge in [-0.1, -0.05) is 36.9 Å². The molecule has 2 heterocycles. The second kappa shape index (κ2) is 8.17. The molecule has 1 aromatic heterocycles. The summed E-state index contributed by atoms with van der Waals surface area (Å²) in [6.45, 7) is 6.46. The molecule has 1 amide bonds. The maximum atomic E-state index is 12.8. The van der Waals surface area contributed by atoms with Gasteiger partial charge in [0.1, 0.15) is 10.9 Å². The quantitative estimate of drug-likeness (QED) is 0.585. The van der Waals surface area contributed by atoms with Crippen LogP contribution in [0.5, 0.6) is 0 Å². The number of piperidine rings is 1. The molecule has 5 heteroatoms. The molecule has 2 atom stereocenters. The van der Waals surface area contributed by atoms with Gasteiger partial charge in [-0.25, -0.2) is 9.97 Å². The first kappa shape index (κ1) is 18.2. The number of thioether (sulfide) groups is 1. The Morgan fingerprint density at radius 3 is 2.64 bits per heavy atom. The van der Waals surface area contributed by atoms with Crippen LogP contribution in [0.4, 0.5) is 0 Å². The Morgan fingerprint density at radius 2 is 1.92 bits per heavy atom. The van der Waals surface area contributed by atoms with Crippen molar-refractivity contribution in [3.63, 3.8) is 0 Å². The van der Waals surface area contributed by atoms with Crippen molar-refractivity contribution in [3.8, 4) is 0 Å². The summed E-state index contributed by atoms with van der Waals surface area (Å²) in [5.74, 6) is 1.54. The second-order valence-electron chi connectivity index (χ2n) is 6.93. The number of aryl methyl sites for hydroxylation is 1. The van der Waals surface area contributed by atoms with Crippen LogP contribution in [-0.2, 0) is 11.2 Å². The third kappa shape index (κ3) is 4.14. The monoisotopic (exact) mass is 357 g/mol. The summed E-state index contributed by atoms with van der Waals surface area (Å²) in [6, 6.07) is 8.76.